The number of imidazole rings is 1. The molecule has 9 nitrogen and oxygen atoms in total. The predicted molar refractivity (Wildman–Crippen MR) is 177 cm³/mol. The van der Waals surface area contributed by atoms with Crippen molar-refractivity contribution in [1.82, 2.24) is 19.6 Å². The minimum Gasteiger partial charge on any atom is -0.505 e. The van der Waals surface area contributed by atoms with Crippen LogP contribution in [0.1, 0.15) is 54.4 Å². The Hall–Kier alpha value is -4.55. The van der Waals surface area contributed by atoms with Crippen molar-refractivity contribution in [2.45, 2.75) is 50.3 Å². The van der Waals surface area contributed by atoms with Gasteiger partial charge in [-0.15, -0.1) is 10.2 Å². The maximum atomic E-state index is 14.2. The van der Waals surface area contributed by atoms with Crippen LogP contribution in [0.3, 0.4) is 0 Å². The van der Waals surface area contributed by atoms with Gasteiger partial charge in [0.15, 0.2) is 10.1 Å². The number of carbonyl (C=O) groups is 2. The van der Waals surface area contributed by atoms with Crippen molar-refractivity contribution >= 4 is 51.3 Å². The van der Waals surface area contributed by atoms with Crippen molar-refractivity contribution in [1.29, 1.82) is 0 Å². The Kier molecular flexibility index (Phi) is 8.92. The highest BCUT2D eigenvalue weighted by Gasteiger charge is 2.49. The number of carbonyl (C=O) groups excluding carboxylic acids is 2. The zero-order valence-corrected chi connectivity index (χ0v) is 27.4. The number of nitrogens with zero attached hydrogens (tertiary/aromatic N) is 5. The summed E-state index contributed by atoms with van der Waals surface area (Å²) in [6.45, 7) is 8.43. The van der Waals surface area contributed by atoms with E-state index in [0.29, 0.717) is 50.8 Å². The largest absolute Gasteiger partial charge is 0.505 e. The van der Waals surface area contributed by atoms with Gasteiger partial charge in [-0.1, -0.05) is 73.3 Å². The van der Waals surface area contributed by atoms with Crippen molar-refractivity contribution in [3.8, 4) is 5.75 Å². The second kappa shape index (κ2) is 13.1. The average Bonchev–Trinajstić information content (AvgIpc) is 3.71. The molecule has 0 bridgehead atoms. The van der Waals surface area contributed by atoms with Crippen LogP contribution >= 0.6 is 23.1 Å². The maximum absolute atomic E-state index is 14.2. The highest BCUT2D eigenvalue weighted by atomic mass is 32.2. The minimum absolute atomic E-state index is 0.107. The number of fused-ring (bicyclic) bond motifs is 1. The van der Waals surface area contributed by atoms with E-state index in [1.807, 2.05) is 35.7 Å². The summed E-state index contributed by atoms with van der Waals surface area (Å²) in [5, 5.41) is 20.5. The first-order chi connectivity index (χ1) is 22.1. The summed E-state index contributed by atoms with van der Waals surface area (Å²) < 4.78 is 22.6. The van der Waals surface area contributed by atoms with Crippen LogP contribution in [-0.2, 0) is 15.3 Å². The fraction of sp³-hybridized carbons (Fsp3) is 0.265. The lowest BCUT2D eigenvalue weighted by molar-refractivity contribution is -0.132. The summed E-state index contributed by atoms with van der Waals surface area (Å²) in [5.74, 6) is -1.08. The second-order valence-electron chi connectivity index (χ2n) is 11.4. The number of amides is 1. The molecule has 1 atom stereocenters. The van der Waals surface area contributed by atoms with Gasteiger partial charge < -0.3 is 14.2 Å². The molecule has 46 heavy (non-hydrogen) atoms. The standard InChI is InChI=1S/C34H32FN5O4S2/c1-19(2)14-16-44-24-12-7-11-22(17-24)28-26(29(41)27-21(4)39-15-8-9-20(3)31(39)36-27)30(42)32(43)40(28)33-37-38-34(46-33)45-18-23-10-5-6-13-25(23)35/h5-13,15,17,19,28,41H,14,16,18H2,1-4H3/b29-26+. The van der Waals surface area contributed by atoms with Gasteiger partial charge in [0, 0.05) is 11.9 Å². The molecule has 5 aromatic rings. The van der Waals surface area contributed by atoms with Gasteiger partial charge in [0.1, 0.15) is 22.9 Å². The molecule has 1 N–H and O–H groups in total. The Morgan fingerprint density at radius 3 is 2.65 bits per heavy atom. The highest BCUT2D eigenvalue weighted by Crippen LogP contribution is 2.45. The number of hydrogen-bond acceptors (Lipinski definition) is 9. The van der Waals surface area contributed by atoms with Crippen molar-refractivity contribution < 1.29 is 23.8 Å². The lowest BCUT2D eigenvalue weighted by atomic mass is 9.96. The zero-order chi connectivity index (χ0) is 32.5. The molecule has 1 aliphatic heterocycles. The van der Waals surface area contributed by atoms with Crippen molar-refractivity contribution in [3.05, 3.63) is 106 Å². The fourth-order valence-electron chi connectivity index (χ4n) is 5.32. The molecule has 236 valence electrons. The molecule has 0 radical (unpaired) electrons. The molecule has 1 aliphatic rings. The number of aryl methyl sites for hydroxylation is 2. The van der Waals surface area contributed by atoms with Gasteiger partial charge in [-0.2, -0.15) is 0 Å². The number of Topliss-reactive ketones (excluding diaryl/α,β-unsaturated/α-hetero) is 1. The predicted octanol–water partition coefficient (Wildman–Crippen LogP) is 7.29. The van der Waals surface area contributed by atoms with E-state index in [1.54, 1.807) is 43.3 Å². The number of thioether (sulfide) groups is 1. The summed E-state index contributed by atoms with van der Waals surface area (Å²) in [7, 11) is 0. The highest BCUT2D eigenvalue weighted by molar-refractivity contribution is 8.00. The van der Waals surface area contributed by atoms with Crippen LogP contribution in [0.25, 0.3) is 11.4 Å². The van der Waals surface area contributed by atoms with Gasteiger partial charge in [-0.25, -0.2) is 9.37 Å². The summed E-state index contributed by atoms with van der Waals surface area (Å²) in [6.07, 6.45) is 2.69. The number of hydrogen-bond donors (Lipinski definition) is 1. The van der Waals surface area contributed by atoms with Crippen LogP contribution in [0.5, 0.6) is 5.75 Å². The van der Waals surface area contributed by atoms with Gasteiger partial charge in [-0.05, 0) is 67.1 Å². The molecule has 3 aromatic heterocycles. The van der Waals surface area contributed by atoms with E-state index in [9.17, 15) is 19.1 Å². The van der Waals surface area contributed by atoms with E-state index in [1.165, 1.54) is 22.7 Å². The number of ketones is 1. The maximum Gasteiger partial charge on any atom is 0.301 e. The monoisotopic (exact) mass is 657 g/mol. The Bertz CT molecular complexity index is 1990. The number of halogens is 1. The van der Waals surface area contributed by atoms with E-state index < -0.39 is 17.7 Å². The molecule has 0 aliphatic carbocycles. The van der Waals surface area contributed by atoms with E-state index >= 15 is 0 Å². The van der Waals surface area contributed by atoms with E-state index in [0.717, 1.165) is 23.3 Å². The summed E-state index contributed by atoms with van der Waals surface area (Å²) >= 11 is 2.39. The molecule has 1 amide bonds. The normalized spacial score (nSPS) is 16.2. The number of anilines is 1. The number of benzene rings is 2. The molecule has 12 heteroatoms. The van der Waals surface area contributed by atoms with Crippen molar-refractivity contribution in [2.75, 3.05) is 11.5 Å². The van der Waals surface area contributed by atoms with Crippen molar-refractivity contribution in [3.63, 3.8) is 0 Å². The minimum atomic E-state index is -1.03. The van der Waals surface area contributed by atoms with Crippen molar-refractivity contribution in [2.24, 2.45) is 5.92 Å². The summed E-state index contributed by atoms with van der Waals surface area (Å²) in [4.78, 5) is 33.5. The van der Waals surface area contributed by atoms with Crippen LogP contribution in [0.4, 0.5) is 9.52 Å². The van der Waals surface area contributed by atoms with Crippen LogP contribution in [0, 0.1) is 25.6 Å². The third-order valence-electron chi connectivity index (χ3n) is 7.80. The van der Waals surface area contributed by atoms with Crippen LogP contribution < -0.4 is 9.64 Å². The van der Waals surface area contributed by atoms with Crippen LogP contribution in [-0.4, -0.2) is 43.0 Å². The first kappa shape index (κ1) is 31.4. The van der Waals surface area contributed by atoms with Crippen LogP contribution in [0.2, 0.25) is 0 Å². The fourth-order valence-corrected chi connectivity index (χ4v) is 7.17. The molecular formula is C34H32FN5O4S2. The summed E-state index contributed by atoms with van der Waals surface area (Å²) in [5.41, 5.74) is 3.31. The number of rotatable bonds is 10. The molecule has 6 rings (SSSR count). The first-order valence-corrected chi connectivity index (χ1v) is 16.6. The Morgan fingerprint density at radius 1 is 1.09 bits per heavy atom. The number of aliphatic hydroxyl groups is 1. The SMILES string of the molecule is Cc1cccn2c(C)c(/C(O)=C3\C(=O)C(=O)N(c4nnc(SCc5ccccc5F)s4)C3c3cccc(OCCC(C)C)c3)nc12. The topological polar surface area (TPSA) is 110 Å². The van der Waals surface area contributed by atoms with Gasteiger partial charge in [0.25, 0.3) is 5.78 Å². The lowest BCUT2D eigenvalue weighted by Crippen LogP contribution is -2.29. The molecule has 2 aromatic carbocycles. The van der Waals surface area contributed by atoms with E-state index in [4.69, 9.17) is 4.74 Å². The first-order valence-electron chi connectivity index (χ1n) is 14.8. The van der Waals surface area contributed by atoms with Gasteiger partial charge >= 0.3 is 5.91 Å². The summed E-state index contributed by atoms with van der Waals surface area (Å²) in [6, 6.07) is 16.4. The number of ether oxygens (including phenoxy) is 1. The second-order valence-corrected chi connectivity index (χ2v) is 13.6. The number of pyridine rings is 1. The molecule has 1 fully saturated rings. The van der Waals surface area contributed by atoms with E-state index in [2.05, 4.69) is 29.0 Å². The molecule has 1 unspecified atom stereocenters. The Labute approximate surface area is 273 Å². The lowest BCUT2D eigenvalue weighted by Gasteiger charge is -2.23. The van der Waals surface area contributed by atoms with Gasteiger partial charge in [0.05, 0.1) is 23.9 Å². The zero-order valence-electron chi connectivity index (χ0n) is 25.7. The van der Waals surface area contributed by atoms with Gasteiger partial charge in [0.2, 0.25) is 5.13 Å². The average molecular weight is 658 g/mol. The van der Waals surface area contributed by atoms with E-state index in [-0.39, 0.29) is 28.0 Å². The number of aromatic nitrogens is 4. The third-order valence-corrected chi connectivity index (χ3v) is 9.91. The Balaban J connectivity index is 1.43. The molecular weight excluding hydrogens is 626 g/mol. The van der Waals surface area contributed by atoms with Crippen LogP contribution in [0.15, 0.2) is 76.8 Å². The third kappa shape index (κ3) is 6.02. The molecule has 0 spiro atoms. The smallest absolute Gasteiger partial charge is 0.301 e. The number of aliphatic hydroxyl groups excluding tert-OH is 1. The molecule has 1 saturated heterocycles. The molecule has 4 heterocycles. The quantitative estimate of drug-likeness (QED) is 0.0549. The molecule has 0 saturated carbocycles. The van der Waals surface area contributed by atoms with Gasteiger partial charge in [-0.3, -0.25) is 14.5 Å². The Morgan fingerprint density at radius 2 is 1.89 bits per heavy atom.